The summed E-state index contributed by atoms with van der Waals surface area (Å²) in [5, 5.41) is 8.57. The van der Waals surface area contributed by atoms with E-state index in [1.54, 1.807) is 0 Å². The molecular formula is C60H122O47. The molecule has 0 aromatic heterocycles. The lowest BCUT2D eigenvalue weighted by atomic mass is 10.1. The van der Waals surface area contributed by atoms with E-state index in [0.717, 1.165) is 13.0 Å². The summed E-state index contributed by atoms with van der Waals surface area (Å²) in [4.78, 5) is 216. The van der Waals surface area contributed by atoms with Crippen LogP contribution in [0.2, 0.25) is 0 Å². The molecule has 0 aromatic carbocycles. The first-order valence-electron chi connectivity index (χ1n) is 35.5. The fourth-order valence-corrected chi connectivity index (χ4v) is 6.17. The molecule has 0 amide bonds. The number of rotatable bonds is 104. The molecule has 0 aliphatic rings. The van der Waals surface area contributed by atoms with Crippen LogP contribution in [0.1, 0.15) is 71.1 Å². The largest absolute Gasteiger partial charge is 0.394 e. The summed E-state index contributed by atoms with van der Waals surface area (Å²) in [7, 11) is 0. The monoisotopic (exact) mass is 1590 g/mol. The van der Waals surface area contributed by atoms with Crippen molar-refractivity contribution in [3.8, 4) is 0 Å². The van der Waals surface area contributed by atoms with Crippen molar-refractivity contribution in [2.75, 3.05) is 324 Å². The first kappa shape index (κ1) is 105. The van der Waals surface area contributed by atoms with Gasteiger partial charge in [0.05, 0.1) is 26.4 Å². The van der Waals surface area contributed by atoms with Crippen LogP contribution in [-0.2, 0) is 225 Å². The van der Waals surface area contributed by atoms with E-state index in [2.05, 4.69) is 6.92 Å². The van der Waals surface area contributed by atoms with Crippen molar-refractivity contribution in [3.63, 3.8) is 0 Å². The van der Waals surface area contributed by atoms with Crippen molar-refractivity contribution in [1.82, 2.24) is 0 Å². The van der Waals surface area contributed by atoms with Gasteiger partial charge in [0.25, 0.3) is 0 Å². The van der Waals surface area contributed by atoms with Gasteiger partial charge >= 0.3 is 0 Å². The highest BCUT2D eigenvalue weighted by Crippen LogP contribution is 2.11. The Labute approximate surface area is 623 Å². The lowest BCUT2D eigenvalue weighted by molar-refractivity contribution is -0.382. The SMILES string of the molecule is CCCCCCCCCCCCOCCOOCCOOCCOOCCOOCCOOCCOOCCOOCCOOCCOOCCOOCCOOCCOOCCOOCCOOCCOOCCOOCCOOCCOOCCOOCCOOCCOOCCOOCCOCCO. The zero-order chi connectivity index (χ0) is 76.2. The molecule has 0 unspecified atom stereocenters. The van der Waals surface area contributed by atoms with Crippen LogP contribution < -0.4 is 0 Å². The summed E-state index contributed by atoms with van der Waals surface area (Å²) in [5.41, 5.74) is 0. The predicted molar refractivity (Wildman–Crippen MR) is 342 cm³/mol. The molecule has 0 bridgehead atoms. The number of unbranched alkanes of at least 4 members (excludes halogenated alkanes) is 9. The van der Waals surface area contributed by atoms with Gasteiger partial charge in [-0.3, -0.25) is 0 Å². The number of hydrogen-bond acceptors (Lipinski definition) is 47. The van der Waals surface area contributed by atoms with Crippen LogP contribution in [0, 0.1) is 0 Å². The Morgan fingerprint density at radius 2 is 0.215 bits per heavy atom. The first-order chi connectivity index (χ1) is 53.4. The zero-order valence-corrected chi connectivity index (χ0v) is 61.9. The number of aliphatic hydroxyl groups is 1. The van der Waals surface area contributed by atoms with Gasteiger partial charge in [-0.15, -0.1) is 0 Å². The summed E-state index contributed by atoms with van der Waals surface area (Å²) < 4.78 is 10.6. The van der Waals surface area contributed by atoms with E-state index in [-0.39, 0.29) is 297 Å². The van der Waals surface area contributed by atoms with Gasteiger partial charge in [0.1, 0.15) is 291 Å². The Balaban J connectivity index is 3.09. The van der Waals surface area contributed by atoms with Crippen molar-refractivity contribution in [1.29, 1.82) is 0 Å². The van der Waals surface area contributed by atoms with Crippen molar-refractivity contribution in [3.05, 3.63) is 0 Å². The molecule has 0 saturated heterocycles. The smallest absolute Gasteiger partial charge is 0.109 e. The fraction of sp³-hybridized carbons (Fsp3) is 1.00. The highest BCUT2D eigenvalue weighted by atomic mass is 17.3. The average molecular weight is 1600 g/mol. The molecule has 0 aliphatic heterocycles. The molecular weight excluding hydrogens is 1470 g/mol. The van der Waals surface area contributed by atoms with E-state index >= 15 is 0 Å². The molecule has 644 valence electrons. The molecule has 0 fully saturated rings. The highest BCUT2D eigenvalue weighted by molar-refractivity contribution is 4.47. The normalized spacial score (nSPS) is 11.8. The average Bonchev–Trinajstić information content (AvgIpc) is 3.82. The van der Waals surface area contributed by atoms with Gasteiger partial charge in [-0.2, -0.15) is 0 Å². The second kappa shape index (κ2) is 104. The van der Waals surface area contributed by atoms with Gasteiger partial charge in [-0.25, -0.2) is 215 Å². The topological polar surface area (TPSA) is 445 Å². The molecule has 0 aromatic rings. The van der Waals surface area contributed by atoms with Gasteiger partial charge in [0, 0.05) is 6.61 Å². The second-order valence-corrected chi connectivity index (χ2v) is 19.3. The van der Waals surface area contributed by atoms with Crippen LogP contribution in [0.15, 0.2) is 0 Å². The third kappa shape index (κ3) is 104. The van der Waals surface area contributed by atoms with Crippen LogP contribution in [-0.4, -0.2) is 329 Å². The lowest BCUT2D eigenvalue weighted by Gasteiger charge is -2.08. The molecule has 1 N–H and O–H groups in total. The third-order valence-corrected chi connectivity index (χ3v) is 10.6. The number of hydrogen-bond donors (Lipinski definition) is 1. The summed E-state index contributed by atoms with van der Waals surface area (Å²) in [6, 6.07) is 0. The van der Waals surface area contributed by atoms with Gasteiger partial charge in [-0.1, -0.05) is 64.7 Å². The van der Waals surface area contributed by atoms with Crippen molar-refractivity contribution >= 4 is 0 Å². The van der Waals surface area contributed by atoms with Gasteiger partial charge in [-0.05, 0) is 6.42 Å². The van der Waals surface area contributed by atoms with E-state index in [1.807, 2.05) is 0 Å². The molecule has 0 spiro atoms. The first-order valence-corrected chi connectivity index (χ1v) is 35.5. The van der Waals surface area contributed by atoms with Crippen LogP contribution >= 0.6 is 0 Å². The molecule has 47 nitrogen and oxygen atoms in total. The van der Waals surface area contributed by atoms with Crippen molar-refractivity contribution in [2.45, 2.75) is 71.1 Å². The highest BCUT2D eigenvalue weighted by Gasteiger charge is 2.05. The zero-order valence-electron chi connectivity index (χ0n) is 61.9. The summed E-state index contributed by atoms with van der Waals surface area (Å²) >= 11 is 0. The summed E-state index contributed by atoms with van der Waals surface area (Å²) in [6.45, 7) is 8.91. The van der Waals surface area contributed by atoms with Crippen molar-refractivity contribution < 1.29 is 230 Å². The lowest BCUT2D eigenvalue weighted by Crippen LogP contribution is -2.14. The molecule has 47 heteroatoms. The van der Waals surface area contributed by atoms with Gasteiger partial charge in [0.2, 0.25) is 0 Å². The van der Waals surface area contributed by atoms with Crippen LogP contribution in [0.5, 0.6) is 0 Å². The standard InChI is InChI=1S/C60H122O47/c1-2-3-4-5-6-7-8-9-10-11-13-62-15-17-64-66-19-21-68-70-23-25-72-74-27-29-76-78-31-33-80-82-35-37-84-86-39-41-88-90-43-45-92-94-47-49-96-98-51-53-100-102-55-57-104-106-59-60-107-105-58-56-103-101-54-52-99-97-50-48-95-93-46-44-91-89-42-40-87-85-38-36-83-81-34-32-79-77-30-28-75-73-26-24-71-69-22-20-67-65-18-16-63-14-12-61/h61H,2-60H2,1H3. The van der Waals surface area contributed by atoms with E-state index in [9.17, 15) is 0 Å². The predicted octanol–water partition coefficient (Wildman–Crippen LogP) is 2.79. The summed E-state index contributed by atoms with van der Waals surface area (Å²) in [5.74, 6) is 0. The minimum atomic E-state index is -0.0490. The number of ether oxygens (including phenoxy) is 2. The molecule has 107 heavy (non-hydrogen) atoms. The Kier molecular flexibility index (Phi) is 102. The molecule has 0 radical (unpaired) electrons. The van der Waals surface area contributed by atoms with E-state index in [1.165, 1.54) is 57.8 Å². The fourth-order valence-electron chi connectivity index (χ4n) is 6.17. The maximum absolute atomic E-state index is 8.57. The maximum Gasteiger partial charge on any atom is 0.109 e. The van der Waals surface area contributed by atoms with Crippen molar-refractivity contribution in [2.24, 2.45) is 0 Å². The molecule has 0 rings (SSSR count). The quantitative estimate of drug-likeness (QED) is 0.0519. The second-order valence-electron chi connectivity index (χ2n) is 19.3. The summed E-state index contributed by atoms with van der Waals surface area (Å²) in [6.07, 6.45) is 13.0. The van der Waals surface area contributed by atoms with Crippen LogP contribution in [0.4, 0.5) is 0 Å². The Morgan fingerprint density at radius 3 is 0.336 bits per heavy atom. The molecule has 0 atom stereocenters. The molecule has 0 saturated carbocycles. The third-order valence-electron chi connectivity index (χ3n) is 10.6. The Morgan fingerprint density at radius 1 is 0.112 bits per heavy atom. The molecule has 0 heterocycles. The van der Waals surface area contributed by atoms with Gasteiger partial charge < -0.3 is 14.6 Å². The van der Waals surface area contributed by atoms with E-state index in [4.69, 9.17) is 230 Å². The molecule has 0 aliphatic carbocycles. The Bertz CT molecular complexity index is 1400. The van der Waals surface area contributed by atoms with E-state index in [0.29, 0.717) is 19.8 Å². The maximum atomic E-state index is 8.57. The minimum Gasteiger partial charge on any atom is -0.394 e. The minimum absolute atomic E-state index is 0.0490. The van der Waals surface area contributed by atoms with E-state index < -0.39 is 0 Å². The van der Waals surface area contributed by atoms with Crippen LogP contribution in [0.25, 0.3) is 0 Å². The van der Waals surface area contributed by atoms with Crippen LogP contribution in [0.3, 0.4) is 0 Å². The Hall–Kier alpha value is -1.88. The van der Waals surface area contributed by atoms with Gasteiger partial charge in [0.15, 0.2) is 0 Å². The number of aliphatic hydroxyl groups excluding tert-OH is 1.